The zero-order valence-corrected chi connectivity index (χ0v) is 82.1. The summed E-state index contributed by atoms with van der Waals surface area (Å²) in [4.78, 5) is 9.34. The molecule has 0 aromatic heterocycles. The summed E-state index contributed by atoms with van der Waals surface area (Å²) >= 11 is 2.19. The summed E-state index contributed by atoms with van der Waals surface area (Å²) in [6.45, 7) is 33.3. The Hall–Kier alpha value is -4.27. The van der Waals surface area contributed by atoms with Crippen LogP contribution in [0.15, 0.2) is 231 Å². The Morgan fingerprint density at radius 3 is 1.01 bits per heavy atom. The van der Waals surface area contributed by atoms with E-state index in [0.29, 0.717) is 40.2 Å². The minimum atomic E-state index is -3.19. The molecule has 0 spiro atoms. The van der Waals surface area contributed by atoms with Crippen LogP contribution >= 0.6 is 81.8 Å². The zero-order chi connectivity index (χ0) is 84.1. The van der Waals surface area contributed by atoms with E-state index in [1.165, 1.54) is 62.0 Å². The molecule has 0 amide bonds. The minimum absolute atomic E-state index is 0.0112. The number of anilines is 4. The number of hydrogen-bond donors (Lipinski definition) is 0. The third-order valence-corrected chi connectivity index (χ3v) is 34.6. The van der Waals surface area contributed by atoms with E-state index in [2.05, 4.69) is 177 Å². The topological polar surface area (TPSA) is 84.0 Å². The standard InChI is InChI=1S/C19H23O3P.C18H21O3P.C18H33P.2C17H19N2.C7H6.4ClH.Cu.HI.2Ru/c1-5-16-14-18(12-13-19(16)22-15(3)4)23(20,21-6-2)17-10-8-7-9-11-17;1-5-20-22(19,16-9-7-6-8-10-16)17-11-12-18(15(4)13-17)21-14(2)3;1-4-10-16(11-5-1)19(17-12-6-2-7-13-17)18-14-8-3-9-15-18;2*1-14-7-3-5-9-16(14)18-11-12-19(13-18)17-10-6-4-8-15(17)2;1-7-5-3-2-4-6-7;;;;;;;;/h5,7-15H,1,6H2,2-4H3;4,6-14H,5H2,1-3H3;16-18H,1-15H2;2*3-10,13H,11-12H2,1-2H3;1-6H;4*1H;;1H;;/q;;;2*-1;;;;;;+1;;2*+2/p-4. The van der Waals surface area contributed by atoms with Crippen LogP contribution in [-0.4, -0.2) is 77.8 Å². The first-order valence-corrected chi connectivity index (χ1v) is 60.1. The van der Waals surface area contributed by atoms with E-state index in [9.17, 15) is 9.13 Å². The molecular formula is C96H122Cl4CuIN4O6P3Ru2-. The van der Waals surface area contributed by atoms with Crippen molar-refractivity contribution in [3.8, 4) is 11.5 Å². The van der Waals surface area contributed by atoms with Gasteiger partial charge in [0.15, 0.2) is 0 Å². The summed E-state index contributed by atoms with van der Waals surface area (Å²) in [5.74, 6) is 1.41. The van der Waals surface area contributed by atoms with E-state index in [0.717, 1.165) is 48.6 Å². The molecule has 0 radical (unpaired) electrons. The molecule has 0 N–H and O–H groups in total. The molecular weight excluding hydrogens is 1930 g/mol. The van der Waals surface area contributed by atoms with Crippen LogP contribution in [0.5, 0.6) is 11.5 Å². The van der Waals surface area contributed by atoms with Gasteiger partial charge in [-0.25, -0.2) is 0 Å². The molecule has 10 nitrogen and oxygen atoms in total. The van der Waals surface area contributed by atoms with Crippen molar-refractivity contribution in [1.29, 1.82) is 0 Å². The van der Waals surface area contributed by atoms with E-state index in [1.807, 2.05) is 161 Å². The summed E-state index contributed by atoms with van der Waals surface area (Å²) in [5.41, 5.74) is 16.9. The molecule has 21 heteroatoms. The summed E-state index contributed by atoms with van der Waals surface area (Å²) < 4.78 is 53.9. The predicted octanol–water partition coefficient (Wildman–Crippen LogP) is 26.5. The second-order valence-corrected chi connectivity index (χ2v) is 50.0. The third-order valence-electron chi connectivity index (χ3n) is 21.3. The Morgan fingerprint density at radius 2 is 0.718 bits per heavy atom. The van der Waals surface area contributed by atoms with Crippen molar-refractivity contribution >= 4 is 141 Å². The van der Waals surface area contributed by atoms with Gasteiger partial charge in [0.2, 0.25) is 0 Å². The molecule has 0 bridgehead atoms. The van der Waals surface area contributed by atoms with E-state index in [-0.39, 0.29) is 20.1 Å². The molecule has 9 aromatic rings. The Balaban J connectivity index is 0.000000177. The first-order valence-electron chi connectivity index (χ1n) is 41.2. The number of rotatable bonds is 22. The Bertz CT molecular complexity index is 4360. The molecule has 14 rings (SSSR count). The molecule has 9 aromatic carbocycles. The quantitative estimate of drug-likeness (QED) is 0.0283. The van der Waals surface area contributed by atoms with Crippen LogP contribution in [0.25, 0.3) is 6.08 Å². The summed E-state index contributed by atoms with van der Waals surface area (Å²) in [7, 11) is 17.1. The molecule has 2 saturated heterocycles. The van der Waals surface area contributed by atoms with Crippen LogP contribution in [-0.2, 0) is 58.0 Å². The summed E-state index contributed by atoms with van der Waals surface area (Å²) in [5, 5.41) is 2.60. The fourth-order valence-electron chi connectivity index (χ4n) is 15.9. The van der Waals surface area contributed by atoms with Gasteiger partial charge in [0.1, 0.15) is 5.75 Å². The maximum absolute atomic E-state index is 13.7. The van der Waals surface area contributed by atoms with Crippen LogP contribution in [0.1, 0.15) is 177 Å². The fourth-order valence-corrected chi connectivity index (χ4v) is 28.9. The normalized spacial score (nSPS) is 16.2. The number of halogens is 5. The van der Waals surface area contributed by atoms with Crippen LogP contribution in [0.4, 0.5) is 22.7 Å². The van der Waals surface area contributed by atoms with Gasteiger partial charge in [0.05, 0.1) is 29.7 Å². The average Bonchev–Trinajstić information content (AvgIpc) is 1.11. The average molecular weight is 2060 g/mol. The van der Waals surface area contributed by atoms with Gasteiger partial charge >= 0.3 is 269 Å². The van der Waals surface area contributed by atoms with Gasteiger partial charge in [-0.15, -0.1) is 0 Å². The Kier molecular flexibility index (Phi) is 43.9. The molecule has 3 saturated carbocycles. The number of benzene rings is 9. The molecule has 5 aliphatic rings. The monoisotopic (exact) mass is 2050 g/mol. The maximum atomic E-state index is 13.7. The van der Waals surface area contributed by atoms with Crippen molar-refractivity contribution in [1.82, 2.24) is 0 Å². The number of hydrogen-bond acceptors (Lipinski definition) is 10. The Morgan fingerprint density at radius 1 is 0.427 bits per heavy atom. The van der Waals surface area contributed by atoms with Gasteiger partial charge in [-0.1, -0.05) is 123 Å². The van der Waals surface area contributed by atoms with Crippen molar-refractivity contribution in [2.75, 3.05) is 59.0 Å². The first kappa shape index (κ1) is 98.2. The number of nitrogens with zero attached hydrogens (tertiary/aromatic N) is 4. The SMILES string of the molecule is C1CCC([PH+](C2CCCCC2)C2CCCCC2)CC1.C=Cc1cc(P(=O)(OCC)c2ccccc2)ccc1OC(C)C.CCOP(=O)(c1ccccc1)c1ccc(OC(C)C)c([CH]=[Ru]([Cl])[Cl])c1.Cc1ccccc1N1[CH-]N(c2ccccc2C)CC1.Cc1ccccc1N1[CH-]N(c2ccccc2C)CC1.[Cl][Ru]([Cl])=[CH]c1ccccc1.[Cu][I]. The first-order chi connectivity index (χ1) is 56.6. The zero-order valence-electron chi connectivity index (χ0n) is 69.7. The molecule has 640 valence electrons. The van der Waals surface area contributed by atoms with E-state index in [4.69, 9.17) is 57.3 Å². The van der Waals surface area contributed by atoms with Crippen molar-refractivity contribution in [2.24, 2.45) is 0 Å². The summed E-state index contributed by atoms with van der Waals surface area (Å²) in [6.07, 6.45) is 25.6. The van der Waals surface area contributed by atoms with Gasteiger partial charge in [-0.2, -0.15) is 13.3 Å². The fraction of sp³-hybridized carbons (Fsp3) is 0.375. The number of ether oxygens (including phenoxy) is 2. The molecule has 117 heavy (non-hydrogen) atoms. The van der Waals surface area contributed by atoms with E-state index >= 15 is 0 Å². The third kappa shape index (κ3) is 30.6. The molecule has 2 unspecified atom stereocenters. The van der Waals surface area contributed by atoms with Crippen LogP contribution in [0.3, 0.4) is 0 Å². The number of aryl methyl sites for hydroxylation is 4. The van der Waals surface area contributed by atoms with Gasteiger partial charge < -0.3 is 28.9 Å². The van der Waals surface area contributed by atoms with E-state index in [1.54, 1.807) is 139 Å². The Labute approximate surface area is 749 Å². The van der Waals surface area contributed by atoms with Crippen molar-refractivity contribution in [3.63, 3.8) is 0 Å². The van der Waals surface area contributed by atoms with Crippen molar-refractivity contribution in [3.05, 3.63) is 283 Å². The van der Waals surface area contributed by atoms with Crippen molar-refractivity contribution < 1.29 is 67.5 Å². The van der Waals surface area contributed by atoms with E-state index < -0.39 is 41.8 Å². The van der Waals surface area contributed by atoms with Crippen LogP contribution < -0.4 is 50.3 Å². The molecule has 3 aliphatic carbocycles. The van der Waals surface area contributed by atoms with Gasteiger partial charge in [0, 0.05) is 73.0 Å². The van der Waals surface area contributed by atoms with Crippen molar-refractivity contribution in [2.45, 2.75) is 195 Å². The van der Waals surface area contributed by atoms with Crippen LogP contribution in [0.2, 0.25) is 0 Å². The molecule has 2 aliphatic heterocycles. The van der Waals surface area contributed by atoms with Gasteiger partial charge in [0.25, 0.3) is 7.37 Å². The second kappa shape index (κ2) is 52.4. The molecule has 2 atom stereocenters. The molecule has 5 fully saturated rings. The predicted molar refractivity (Wildman–Crippen MR) is 510 cm³/mol. The van der Waals surface area contributed by atoms with Gasteiger partial charge in [-0.3, -0.25) is 4.57 Å². The van der Waals surface area contributed by atoms with Crippen LogP contribution in [0, 0.1) is 41.0 Å². The molecule has 2 heterocycles. The summed E-state index contributed by atoms with van der Waals surface area (Å²) in [6, 6.07) is 73.5. The second-order valence-electron chi connectivity index (χ2n) is 30.3. The number of para-hydroxylation sites is 4. The van der Waals surface area contributed by atoms with Gasteiger partial charge in [-0.05, 0) is 202 Å².